The van der Waals surface area contributed by atoms with E-state index in [1.165, 1.54) is 0 Å². The number of ether oxygens (including phenoxy) is 2. The van der Waals surface area contributed by atoms with Gasteiger partial charge in [0.05, 0.1) is 11.5 Å². The molecular weight excluding hydrogens is 204 g/mol. The third kappa shape index (κ3) is 2.45. The van der Waals surface area contributed by atoms with E-state index in [-0.39, 0.29) is 0 Å². The van der Waals surface area contributed by atoms with Crippen LogP contribution in [0.15, 0.2) is 23.2 Å². The van der Waals surface area contributed by atoms with Crippen molar-refractivity contribution in [3.63, 3.8) is 0 Å². The van der Waals surface area contributed by atoms with Crippen LogP contribution in [0.25, 0.3) is 0 Å². The summed E-state index contributed by atoms with van der Waals surface area (Å²) in [5.41, 5.74) is 6.59. The van der Waals surface area contributed by atoms with Gasteiger partial charge in [-0.3, -0.25) is 0 Å². The smallest absolute Gasteiger partial charge is 0.163 e. The van der Waals surface area contributed by atoms with Crippen molar-refractivity contribution in [2.24, 2.45) is 10.7 Å². The Balaban J connectivity index is 2.20. The standard InChI is InChI=1S/C12H16N2O2/c1-2-3-12(13)14-9-4-5-10-11(8-9)16-7-6-15-10/h4-5,8H,2-3,6-7H2,1H3,(H2,13,14). The first kappa shape index (κ1) is 10.8. The molecule has 0 aromatic heterocycles. The molecule has 2 N–H and O–H groups in total. The summed E-state index contributed by atoms with van der Waals surface area (Å²) in [4.78, 5) is 4.32. The predicted molar refractivity (Wildman–Crippen MR) is 63.6 cm³/mol. The van der Waals surface area contributed by atoms with Gasteiger partial charge < -0.3 is 15.2 Å². The van der Waals surface area contributed by atoms with E-state index in [1.807, 2.05) is 18.2 Å². The summed E-state index contributed by atoms with van der Waals surface area (Å²) in [6.07, 6.45) is 1.81. The molecule has 0 bridgehead atoms. The Morgan fingerprint density at radius 2 is 2.06 bits per heavy atom. The molecule has 2 rings (SSSR count). The van der Waals surface area contributed by atoms with Gasteiger partial charge in [0.2, 0.25) is 0 Å². The molecule has 1 aromatic carbocycles. The van der Waals surface area contributed by atoms with Gasteiger partial charge >= 0.3 is 0 Å². The van der Waals surface area contributed by atoms with E-state index in [0.29, 0.717) is 19.0 Å². The summed E-state index contributed by atoms with van der Waals surface area (Å²) < 4.78 is 10.9. The van der Waals surface area contributed by atoms with Gasteiger partial charge in [-0.1, -0.05) is 6.92 Å². The first-order valence-corrected chi connectivity index (χ1v) is 5.52. The number of hydrogen-bond donors (Lipinski definition) is 1. The highest BCUT2D eigenvalue weighted by molar-refractivity contribution is 5.83. The van der Waals surface area contributed by atoms with E-state index < -0.39 is 0 Å². The average molecular weight is 220 g/mol. The van der Waals surface area contributed by atoms with Gasteiger partial charge in [0.25, 0.3) is 0 Å². The third-order valence-electron chi connectivity index (χ3n) is 2.30. The van der Waals surface area contributed by atoms with E-state index in [9.17, 15) is 0 Å². The topological polar surface area (TPSA) is 56.8 Å². The van der Waals surface area contributed by atoms with Crippen molar-refractivity contribution >= 4 is 11.5 Å². The van der Waals surface area contributed by atoms with Gasteiger partial charge in [-0.05, 0) is 18.6 Å². The lowest BCUT2D eigenvalue weighted by atomic mass is 10.2. The number of amidine groups is 1. The second kappa shape index (κ2) is 4.88. The number of rotatable bonds is 3. The molecule has 86 valence electrons. The molecule has 0 amide bonds. The van der Waals surface area contributed by atoms with E-state index in [0.717, 1.165) is 30.0 Å². The van der Waals surface area contributed by atoms with Crippen molar-refractivity contribution in [3.05, 3.63) is 18.2 Å². The molecule has 0 atom stereocenters. The summed E-state index contributed by atoms with van der Waals surface area (Å²) in [5.74, 6) is 2.18. The van der Waals surface area contributed by atoms with Gasteiger partial charge in [0, 0.05) is 12.5 Å². The van der Waals surface area contributed by atoms with Crippen LogP contribution in [-0.4, -0.2) is 19.0 Å². The van der Waals surface area contributed by atoms with Crippen LogP contribution < -0.4 is 15.2 Å². The lowest BCUT2D eigenvalue weighted by molar-refractivity contribution is 0.171. The van der Waals surface area contributed by atoms with E-state index in [1.54, 1.807) is 0 Å². The van der Waals surface area contributed by atoms with Crippen molar-refractivity contribution < 1.29 is 9.47 Å². The maximum absolute atomic E-state index is 5.77. The molecule has 0 fully saturated rings. The highest BCUT2D eigenvalue weighted by Gasteiger charge is 2.11. The van der Waals surface area contributed by atoms with E-state index in [4.69, 9.17) is 15.2 Å². The second-order valence-corrected chi connectivity index (χ2v) is 3.68. The fourth-order valence-electron chi connectivity index (χ4n) is 1.58. The van der Waals surface area contributed by atoms with Gasteiger partial charge in [0.1, 0.15) is 13.2 Å². The SMILES string of the molecule is CCCC(N)=Nc1ccc2c(c1)OCCO2. The average Bonchev–Trinajstić information content (AvgIpc) is 2.29. The summed E-state index contributed by atoms with van der Waals surface area (Å²) in [7, 11) is 0. The molecule has 1 heterocycles. The highest BCUT2D eigenvalue weighted by atomic mass is 16.6. The maximum atomic E-state index is 5.77. The van der Waals surface area contributed by atoms with Crippen LogP contribution in [0.1, 0.15) is 19.8 Å². The first-order valence-electron chi connectivity index (χ1n) is 5.52. The van der Waals surface area contributed by atoms with Gasteiger partial charge in [0.15, 0.2) is 11.5 Å². The Bertz CT molecular complexity index is 402. The molecule has 0 saturated heterocycles. The van der Waals surface area contributed by atoms with Crippen LogP contribution in [0.3, 0.4) is 0 Å². The largest absolute Gasteiger partial charge is 0.486 e. The number of fused-ring (bicyclic) bond motifs is 1. The highest BCUT2D eigenvalue weighted by Crippen LogP contribution is 2.33. The van der Waals surface area contributed by atoms with Gasteiger partial charge in [-0.15, -0.1) is 0 Å². The van der Waals surface area contributed by atoms with Gasteiger partial charge in [-0.2, -0.15) is 0 Å². The number of nitrogens with zero attached hydrogens (tertiary/aromatic N) is 1. The summed E-state index contributed by atoms with van der Waals surface area (Å²) in [5, 5.41) is 0. The predicted octanol–water partition coefficient (Wildman–Crippen LogP) is 2.25. The van der Waals surface area contributed by atoms with Crippen molar-refractivity contribution in [2.75, 3.05) is 13.2 Å². The zero-order chi connectivity index (χ0) is 11.4. The molecule has 1 aliphatic rings. The monoisotopic (exact) mass is 220 g/mol. The van der Waals surface area contributed by atoms with Crippen LogP contribution in [0, 0.1) is 0 Å². The maximum Gasteiger partial charge on any atom is 0.163 e. The Hall–Kier alpha value is -1.71. The van der Waals surface area contributed by atoms with E-state index in [2.05, 4.69) is 11.9 Å². The van der Waals surface area contributed by atoms with Gasteiger partial charge in [-0.25, -0.2) is 4.99 Å². The lowest BCUT2D eigenvalue weighted by Gasteiger charge is -2.18. The number of hydrogen-bond acceptors (Lipinski definition) is 3. The molecule has 1 aliphatic heterocycles. The number of aliphatic imine (C=N–C) groups is 1. The molecular formula is C12H16N2O2. The van der Waals surface area contributed by atoms with Crippen molar-refractivity contribution in [3.8, 4) is 11.5 Å². The fraction of sp³-hybridized carbons (Fsp3) is 0.417. The Morgan fingerprint density at radius 3 is 2.81 bits per heavy atom. The van der Waals surface area contributed by atoms with Crippen LogP contribution >= 0.6 is 0 Å². The third-order valence-corrected chi connectivity index (χ3v) is 2.30. The van der Waals surface area contributed by atoms with Crippen molar-refractivity contribution in [1.82, 2.24) is 0 Å². The van der Waals surface area contributed by atoms with Crippen LogP contribution in [-0.2, 0) is 0 Å². The van der Waals surface area contributed by atoms with Crippen LogP contribution in [0.4, 0.5) is 5.69 Å². The van der Waals surface area contributed by atoms with Crippen LogP contribution in [0.5, 0.6) is 11.5 Å². The Kier molecular flexibility index (Phi) is 3.29. The van der Waals surface area contributed by atoms with Crippen molar-refractivity contribution in [1.29, 1.82) is 0 Å². The minimum absolute atomic E-state index is 0.588. The minimum atomic E-state index is 0.588. The minimum Gasteiger partial charge on any atom is -0.486 e. The quantitative estimate of drug-likeness (QED) is 0.627. The molecule has 0 unspecified atom stereocenters. The summed E-state index contributed by atoms with van der Waals surface area (Å²) >= 11 is 0. The number of benzene rings is 1. The molecule has 4 nitrogen and oxygen atoms in total. The number of nitrogens with two attached hydrogens (primary N) is 1. The summed E-state index contributed by atoms with van der Waals surface area (Å²) in [6.45, 7) is 3.27. The van der Waals surface area contributed by atoms with E-state index >= 15 is 0 Å². The Morgan fingerprint density at radius 1 is 1.31 bits per heavy atom. The molecule has 1 aromatic rings. The lowest BCUT2D eigenvalue weighted by Crippen LogP contribution is -2.15. The summed E-state index contributed by atoms with van der Waals surface area (Å²) in [6, 6.07) is 5.61. The fourth-order valence-corrected chi connectivity index (χ4v) is 1.58. The van der Waals surface area contributed by atoms with Crippen molar-refractivity contribution in [2.45, 2.75) is 19.8 Å². The zero-order valence-electron chi connectivity index (χ0n) is 9.40. The molecule has 0 aliphatic carbocycles. The molecule has 4 heteroatoms. The zero-order valence-corrected chi connectivity index (χ0v) is 9.40. The molecule has 16 heavy (non-hydrogen) atoms. The molecule has 0 saturated carbocycles. The second-order valence-electron chi connectivity index (χ2n) is 3.68. The molecule has 0 spiro atoms. The first-order chi connectivity index (χ1) is 7.79. The normalized spacial score (nSPS) is 14.9. The Labute approximate surface area is 95.1 Å². The molecule has 0 radical (unpaired) electrons. The van der Waals surface area contributed by atoms with Crippen LogP contribution in [0.2, 0.25) is 0 Å².